The molecule has 3 rings (SSSR count). The summed E-state index contributed by atoms with van der Waals surface area (Å²) < 4.78 is 15.7. The molecule has 2 aromatic heterocycles. The van der Waals surface area contributed by atoms with Crippen molar-refractivity contribution in [3.05, 3.63) is 48.4 Å². The number of ether oxygens (including phenoxy) is 1. The maximum atomic E-state index is 11.9. The highest BCUT2D eigenvalue weighted by molar-refractivity contribution is 7.99. The van der Waals surface area contributed by atoms with E-state index in [4.69, 9.17) is 13.6 Å². The molecule has 1 N–H and O–H groups in total. The van der Waals surface area contributed by atoms with E-state index in [0.29, 0.717) is 16.6 Å². The Morgan fingerprint density at radius 1 is 1.28 bits per heavy atom. The average molecular weight is 360 g/mol. The normalized spacial score (nSPS) is 12.0. The standard InChI is InChI=1S/C17H16N2O5S/c1-11(16(21)18-9-12-5-4-8-22-12)23-15(20)10-25-17-19-13-6-2-3-7-14(13)24-17/h2-8,11H,9-10H2,1H3,(H,18,21)/t11-/m0/s1. The monoisotopic (exact) mass is 360 g/mol. The minimum absolute atomic E-state index is 0.00260. The molecule has 2 heterocycles. The number of carbonyl (C=O) groups is 2. The van der Waals surface area contributed by atoms with Gasteiger partial charge in [-0.3, -0.25) is 9.59 Å². The lowest BCUT2D eigenvalue weighted by atomic mass is 10.3. The van der Waals surface area contributed by atoms with Crippen molar-refractivity contribution in [3.63, 3.8) is 0 Å². The van der Waals surface area contributed by atoms with E-state index in [1.165, 1.54) is 13.2 Å². The number of nitrogens with zero attached hydrogens (tertiary/aromatic N) is 1. The van der Waals surface area contributed by atoms with Gasteiger partial charge in [-0.1, -0.05) is 23.9 Å². The molecule has 0 bridgehead atoms. The Labute approximate surface area is 147 Å². The first-order valence-corrected chi connectivity index (χ1v) is 8.58. The Kier molecular flexibility index (Phi) is 5.39. The smallest absolute Gasteiger partial charge is 0.317 e. The largest absolute Gasteiger partial charge is 0.467 e. The molecule has 0 fully saturated rings. The van der Waals surface area contributed by atoms with Crippen LogP contribution in [0.25, 0.3) is 11.1 Å². The Morgan fingerprint density at radius 2 is 2.12 bits per heavy atom. The third-order valence-electron chi connectivity index (χ3n) is 3.28. The molecule has 25 heavy (non-hydrogen) atoms. The molecule has 0 aliphatic rings. The van der Waals surface area contributed by atoms with Gasteiger partial charge in [0.2, 0.25) is 0 Å². The second kappa shape index (κ2) is 7.89. The van der Waals surface area contributed by atoms with Crippen LogP contribution in [0, 0.1) is 0 Å². The second-order valence-corrected chi connectivity index (χ2v) is 6.09. The van der Waals surface area contributed by atoms with E-state index in [0.717, 1.165) is 17.3 Å². The van der Waals surface area contributed by atoms with Gasteiger partial charge >= 0.3 is 5.97 Å². The number of oxazole rings is 1. The molecule has 130 valence electrons. The Hall–Kier alpha value is -2.74. The number of benzene rings is 1. The molecule has 0 spiro atoms. The minimum atomic E-state index is -0.897. The Bertz CT molecular complexity index is 826. The van der Waals surface area contributed by atoms with Crippen LogP contribution in [0.2, 0.25) is 0 Å². The molecule has 0 radical (unpaired) electrons. The predicted molar refractivity (Wildman–Crippen MR) is 90.8 cm³/mol. The number of furan rings is 1. The topological polar surface area (TPSA) is 94.6 Å². The number of para-hydroxylation sites is 2. The van der Waals surface area contributed by atoms with E-state index in [1.54, 1.807) is 18.2 Å². The van der Waals surface area contributed by atoms with Crippen molar-refractivity contribution in [1.29, 1.82) is 0 Å². The SMILES string of the molecule is C[C@H](OC(=O)CSc1nc2ccccc2o1)C(=O)NCc1ccco1. The van der Waals surface area contributed by atoms with Crippen LogP contribution in [-0.2, 0) is 20.9 Å². The van der Waals surface area contributed by atoms with Crippen molar-refractivity contribution in [1.82, 2.24) is 10.3 Å². The number of amides is 1. The lowest BCUT2D eigenvalue weighted by molar-refractivity contribution is -0.152. The minimum Gasteiger partial charge on any atom is -0.467 e. The van der Waals surface area contributed by atoms with Crippen LogP contribution >= 0.6 is 11.8 Å². The molecule has 0 saturated heterocycles. The molecule has 8 heteroatoms. The molecule has 0 aliphatic heterocycles. The van der Waals surface area contributed by atoms with Crippen LogP contribution in [-0.4, -0.2) is 28.7 Å². The molecule has 1 atom stereocenters. The zero-order chi connectivity index (χ0) is 17.6. The van der Waals surface area contributed by atoms with Gasteiger partial charge in [-0.15, -0.1) is 0 Å². The van der Waals surface area contributed by atoms with Gasteiger partial charge in [0.25, 0.3) is 11.1 Å². The number of rotatable bonds is 7. The summed E-state index contributed by atoms with van der Waals surface area (Å²) in [6.45, 7) is 1.75. The number of aromatic nitrogens is 1. The highest BCUT2D eigenvalue weighted by atomic mass is 32.2. The van der Waals surface area contributed by atoms with Crippen molar-refractivity contribution in [2.24, 2.45) is 0 Å². The van der Waals surface area contributed by atoms with Crippen LogP contribution in [0.3, 0.4) is 0 Å². The van der Waals surface area contributed by atoms with Crippen LogP contribution in [0.4, 0.5) is 0 Å². The summed E-state index contributed by atoms with van der Waals surface area (Å²) >= 11 is 1.12. The molecule has 0 saturated carbocycles. The van der Waals surface area contributed by atoms with E-state index in [9.17, 15) is 9.59 Å². The number of esters is 1. The fraction of sp³-hybridized carbons (Fsp3) is 0.235. The van der Waals surface area contributed by atoms with Gasteiger partial charge < -0.3 is 18.9 Å². The molecular formula is C17H16N2O5S. The van der Waals surface area contributed by atoms with Crippen molar-refractivity contribution in [2.75, 3.05) is 5.75 Å². The number of fused-ring (bicyclic) bond motifs is 1. The summed E-state index contributed by atoms with van der Waals surface area (Å²) in [6, 6.07) is 10.8. The number of thioether (sulfide) groups is 1. The van der Waals surface area contributed by atoms with Gasteiger partial charge in [0, 0.05) is 0 Å². The first kappa shape index (κ1) is 17.1. The number of hydrogen-bond donors (Lipinski definition) is 1. The van der Waals surface area contributed by atoms with Crippen LogP contribution in [0.1, 0.15) is 12.7 Å². The van der Waals surface area contributed by atoms with E-state index in [1.807, 2.05) is 18.2 Å². The van der Waals surface area contributed by atoms with Crippen molar-refractivity contribution in [3.8, 4) is 0 Å². The molecular weight excluding hydrogens is 344 g/mol. The maximum absolute atomic E-state index is 11.9. The summed E-state index contributed by atoms with van der Waals surface area (Å²) in [5, 5.41) is 3.02. The average Bonchev–Trinajstić information content (AvgIpc) is 3.26. The number of nitrogens with one attached hydrogen (secondary N) is 1. The highest BCUT2D eigenvalue weighted by Crippen LogP contribution is 2.23. The predicted octanol–water partition coefficient (Wildman–Crippen LogP) is 2.76. The van der Waals surface area contributed by atoms with Crippen molar-refractivity contribution >= 4 is 34.7 Å². The molecule has 7 nitrogen and oxygen atoms in total. The van der Waals surface area contributed by atoms with Gasteiger partial charge in [-0.25, -0.2) is 4.98 Å². The number of carbonyl (C=O) groups excluding carboxylic acids is 2. The fourth-order valence-electron chi connectivity index (χ4n) is 2.05. The van der Waals surface area contributed by atoms with Crippen LogP contribution in [0.15, 0.2) is 56.7 Å². The summed E-state index contributed by atoms with van der Waals surface area (Å²) in [5.74, 6) is -0.286. The highest BCUT2D eigenvalue weighted by Gasteiger charge is 2.18. The number of hydrogen-bond acceptors (Lipinski definition) is 7. The third kappa shape index (κ3) is 4.63. The van der Waals surface area contributed by atoms with E-state index in [-0.39, 0.29) is 12.3 Å². The zero-order valence-electron chi connectivity index (χ0n) is 13.4. The third-order valence-corrected chi connectivity index (χ3v) is 4.08. The molecule has 0 unspecified atom stereocenters. The lowest BCUT2D eigenvalue weighted by Crippen LogP contribution is -2.35. The fourth-order valence-corrected chi connectivity index (χ4v) is 2.67. The maximum Gasteiger partial charge on any atom is 0.317 e. The lowest BCUT2D eigenvalue weighted by Gasteiger charge is -2.12. The zero-order valence-corrected chi connectivity index (χ0v) is 14.2. The molecule has 1 amide bonds. The van der Waals surface area contributed by atoms with Gasteiger partial charge in [0.05, 0.1) is 12.8 Å². The summed E-state index contributed by atoms with van der Waals surface area (Å²) in [4.78, 5) is 28.0. The summed E-state index contributed by atoms with van der Waals surface area (Å²) in [7, 11) is 0. The van der Waals surface area contributed by atoms with E-state index in [2.05, 4.69) is 10.3 Å². The van der Waals surface area contributed by atoms with Crippen molar-refractivity contribution < 1.29 is 23.2 Å². The molecule has 0 aliphatic carbocycles. The molecule has 3 aromatic rings. The van der Waals surface area contributed by atoms with Crippen molar-refractivity contribution in [2.45, 2.75) is 24.8 Å². The van der Waals surface area contributed by atoms with E-state index >= 15 is 0 Å². The first-order chi connectivity index (χ1) is 12.1. The summed E-state index contributed by atoms with van der Waals surface area (Å²) in [5.41, 5.74) is 1.38. The van der Waals surface area contributed by atoms with Gasteiger partial charge in [0.1, 0.15) is 17.0 Å². The molecule has 1 aromatic carbocycles. The van der Waals surface area contributed by atoms with E-state index < -0.39 is 18.0 Å². The Morgan fingerprint density at radius 3 is 2.88 bits per heavy atom. The first-order valence-electron chi connectivity index (χ1n) is 7.60. The van der Waals surface area contributed by atoms with Crippen LogP contribution < -0.4 is 5.32 Å². The van der Waals surface area contributed by atoms with Gasteiger partial charge in [-0.05, 0) is 31.2 Å². The van der Waals surface area contributed by atoms with Gasteiger partial charge in [0.15, 0.2) is 11.7 Å². The summed E-state index contributed by atoms with van der Waals surface area (Å²) in [6.07, 6.45) is 0.626. The second-order valence-electron chi connectivity index (χ2n) is 5.17. The quantitative estimate of drug-likeness (QED) is 0.511. The van der Waals surface area contributed by atoms with Crippen LogP contribution in [0.5, 0.6) is 0 Å². The van der Waals surface area contributed by atoms with Gasteiger partial charge in [-0.2, -0.15) is 0 Å². The Balaban J connectivity index is 1.44.